The Morgan fingerprint density at radius 3 is 1.24 bits per heavy atom. The molecule has 5 nitrogen and oxygen atoms in total. The van der Waals surface area contributed by atoms with Crippen LogP contribution < -0.4 is 0 Å². The SMILES string of the molecule is CCCCCCCC.CCCCCN(C)C.O=S(=O)(O)O. The molecule has 0 aliphatic rings. The molecule has 0 heterocycles. The Bertz CT molecular complexity index is 253. The van der Waals surface area contributed by atoms with Crippen LogP contribution in [-0.2, 0) is 10.4 Å². The van der Waals surface area contributed by atoms with Crippen molar-refractivity contribution in [2.45, 2.75) is 78.6 Å². The lowest BCUT2D eigenvalue weighted by Crippen LogP contribution is -2.12. The third-order valence-electron chi connectivity index (χ3n) is 2.67. The van der Waals surface area contributed by atoms with Crippen LogP contribution in [0.1, 0.15) is 78.6 Å². The van der Waals surface area contributed by atoms with Crippen LogP contribution in [0.4, 0.5) is 0 Å². The molecule has 0 unspecified atom stereocenters. The molecular weight excluding hydrogens is 290 g/mol. The van der Waals surface area contributed by atoms with Crippen LogP contribution in [-0.4, -0.2) is 43.1 Å². The van der Waals surface area contributed by atoms with Gasteiger partial charge >= 0.3 is 10.4 Å². The van der Waals surface area contributed by atoms with Gasteiger partial charge in [0.2, 0.25) is 0 Å². The van der Waals surface area contributed by atoms with E-state index in [2.05, 4.69) is 39.8 Å². The number of nitrogens with zero attached hydrogens (tertiary/aromatic N) is 1. The number of rotatable bonds is 9. The lowest BCUT2D eigenvalue weighted by Gasteiger charge is -2.06. The van der Waals surface area contributed by atoms with Gasteiger partial charge in [0.1, 0.15) is 0 Å². The predicted molar refractivity (Wildman–Crippen MR) is 91.3 cm³/mol. The zero-order valence-corrected chi connectivity index (χ0v) is 15.5. The van der Waals surface area contributed by atoms with Crippen LogP contribution in [0.15, 0.2) is 0 Å². The normalized spacial score (nSPS) is 10.5. The minimum atomic E-state index is -4.67. The molecule has 0 aliphatic heterocycles. The van der Waals surface area contributed by atoms with Crippen molar-refractivity contribution in [3.63, 3.8) is 0 Å². The molecule has 0 aliphatic carbocycles. The summed E-state index contributed by atoms with van der Waals surface area (Å²) in [6.07, 6.45) is 12.5. The summed E-state index contributed by atoms with van der Waals surface area (Å²) in [5.74, 6) is 0. The van der Waals surface area contributed by atoms with Gasteiger partial charge in [-0.1, -0.05) is 72.1 Å². The third-order valence-corrected chi connectivity index (χ3v) is 2.67. The Morgan fingerprint density at radius 1 is 0.714 bits per heavy atom. The molecule has 0 atom stereocenters. The Kier molecular flexibility index (Phi) is 24.3. The summed E-state index contributed by atoms with van der Waals surface area (Å²) in [5.41, 5.74) is 0. The van der Waals surface area contributed by atoms with Gasteiger partial charge < -0.3 is 4.90 Å². The molecule has 2 N–H and O–H groups in total. The van der Waals surface area contributed by atoms with Gasteiger partial charge in [0.25, 0.3) is 0 Å². The van der Waals surface area contributed by atoms with E-state index in [1.165, 1.54) is 64.3 Å². The number of hydrogen-bond acceptors (Lipinski definition) is 3. The van der Waals surface area contributed by atoms with Crippen molar-refractivity contribution in [3.05, 3.63) is 0 Å². The Hall–Kier alpha value is -0.170. The van der Waals surface area contributed by atoms with Crippen LogP contribution in [0.2, 0.25) is 0 Å². The predicted octanol–water partition coefficient (Wildman–Crippen LogP) is 4.45. The van der Waals surface area contributed by atoms with E-state index in [0.29, 0.717) is 0 Å². The van der Waals surface area contributed by atoms with Crippen molar-refractivity contribution >= 4 is 10.4 Å². The summed E-state index contributed by atoms with van der Waals surface area (Å²) in [6.45, 7) is 7.99. The monoisotopic (exact) mass is 327 g/mol. The first kappa shape index (κ1) is 25.8. The molecule has 0 aromatic heterocycles. The lowest BCUT2D eigenvalue weighted by molar-refractivity contribution is 0.381. The van der Waals surface area contributed by atoms with Crippen LogP contribution in [0, 0.1) is 0 Å². The van der Waals surface area contributed by atoms with Crippen LogP contribution >= 0.6 is 0 Å². The highest BCUT2D eigenvalue weighted by molar-refractivity contribution is 7.79. The lowest BCUT2D eigenvalue weighted by atomic mass is 10.1. The number of hydrogen-bond donors (Lipinski definition) is 2. The summed E-state index contributed by atoms with van der Waals surface area (Å²) < 4.78 is 31.6. The van der Waals surface area contributed by atoms with Gasteiger partial charge in [-0.25, -0.2) is 0 Å². The van der Waals surface area contributed by atoms with Crippen molar-refractivity contribution in [1.82, 2.24) is 4.90 Å². The third kappa shape index (κ3) is 65.2. The molecule has 0 spiro atoms. The van der Waals surface area contributed by atoms with Crippen LogP contribution in [0.5, 0.6) is 0 Å². The maximum absolute atomic E-state index is 8.74. The van der Waals surface area contributed by atoms with Gasteiger partial charge in [-0.2, -0.15) is 8.42 Å². The summed E-state index contributed by atoms with van der Waals surface area (Å²) in [4.78, 5) is 2.23. The standard InChI is InChI=1S/C8H18.C7H17N.H2O4S/c1-3-5-7-8-6-4-2;1-4-5-6-7-8(2)3;1-5(2,3)4/h3-8H2,1-2H3;4-7H2,1-3H3;(H2,1,2,3,4). The van der Waals surface area contributed by atoms with Crippen molar-refractivity contribution < 1.29 is 17.5 Å². The van der Waals surface area contributed by atoms with E-state index in [-0.39, 0.29) is 0 Å². The largest absolute Gasteiger partial charge is 0.394 e. The summed E-state index contributed by atoms with van der Waals surface area (Å²) in [5, 5.41) is 0. The second-order valence-electron chi connectivity index (χ2n) is 5.37. The summed E-state index contributed by atoms with van der Waals surface area (Å²) in [6, 6.07) is 0. The molecule has 132 valence electrons. The van der Waals surface area contributed by atoms with E-state index >= 15 is 0 Å². The van der Waals surface area contributed by atoms with Gasteiger partial charge in [-0.15, -0.1) is 0 Å². The Morgan fingerprint density at radius 2 is 1.00 bits per heavy atom. The first-order valence-corrected chi connectivity index (χ1v) is 9.43. The molecule has 0 saturated heterocycles. The Balaban J connectivity index is -0.000000239. The molecule has 0 amide bonds. The van der Waals surface area contributed by atoms with E-state index in [0.717, 1.165) is 0 Å². The van der Waals surface area contributed by atoms with E-state index in [9.17, 15) is 0 Å². The maximum atomic E-state index is 8.74. The molecular formula is C15H37NO4S. The van der Waals surface area contributed by atoms with Gasteiger partial charge in [0.05, 0.1) is 0 Å². The molecule has 6 heteroatoms. The average molecular weight is 328 g/mol. The fourth-order valence-electron chi connectivity index (χ4n) is 1.53. The second kappa shape index (κ2) is 19.8. The molecule has 0 fully saturated rings. The zero-order chi connectivity index (χ0) is 17.1. The van der Waals surface area contributed by atoms with Gasteiger partial charge in [0.15, 0.2) is 0 Å². The maximum Gasteiger partial charge on any atom is 0.394 e. The van der Waals surface area contributed by atoms with Gasteiger partial charge in [-0.05, 0) is 27.1 Å². The zero-order valence-electron chi connectivity index (χ0n) is 14.6. The highest BCUT2D eigenvalue weighted by Gasteiger charge is 1.86. The molecule has 0 aromatic carbocycles. The van der Waals surface area contributed by atoms with Crippen LogP contribution in [0.3, 0.4) is 0 Å². The molecule has 0 rings (SSSR count). The van der Waals surface area contributed by atoms with Crippen molar-refractivity contribution in [2.24, 2.45) is 0 Å². The van der Waals surface area contributed by atoms with Gasteiger partial charge in [0, 0.05) is 0 Å². The second-order valence-corrected chi connectivity index (χ2v) is 6.27. The Labute approximate surface area is 132 Å². The minimum absolute atomic E-state index is 1.24. The fourth-order valence-corrected chi connectivity index (χ4v) is 1.53. The number of unbranched alkanes of at least 4 members (excludes halogenated alkanes) is 7. The fraction of sp³-hybridized carbons (Fsp3) is 1.00. The van der Waals surface area contributed by atoms with Crippen molar-refractivity contribution in [1.29, 1.82) is 0 Å². The highest BCUT2D eigenvalue weighted by Crippen LogP contribution is 2.03. The van der Waals surface area contributed by atoms with Gasteiger partial charge in [-0.3, -0.25) is 9.11 Å². The van der Waals surface area contributed by atoms with Crippen LogP contribution in [0.25, 0.3) is 0 Å². The van der Waals surface area contributed by atoms with E-state index < -0.39 is 10.4 Å². The molecule has 0 saturated carbocycles. The summed E-state index contributed by atoms with van der Waals surface area (Å²) >= 11 is 0. The molecule has 0 radical (unpaired) electrons. The quantitative estimate of drug-likeness (QED) is 0.483. The molecule has 0 aromatic rings. The van der Waals surface area contributed by atoms with Crippen molar-refractivity contribution in [2.75, 3.05) is 20.6 Å². The molecule has 21 heavy (non-hydrogen) atoms. The van der Waals surface area contributed by atoms with E-state index in [1.807, 2.05) is 0 Å². The van der Waals surface area contributed by atoms with E-state index in [1.54, 1.807) is 0 Å². The van der Waals surface area contributed by atoms with E-state index in [4.69, 9.17) is 17.5 Å². The molecule has 0 bridgehead atoms. The average Bonchev–Trinajstić information content (AvgIpc) is 2.33. The highest BCUT2D eigenvalue weighted by atomic mass is 32.3. The first-order valence-electron chi connectivity index (χ1n) is 8.03. The smallest absolute Gasteiger partial charge is 0.309 e. The topological polar surface area (TPSA) is 77.8 Å². The first-order chi connectivity index (χ1) is 9.68. The van der Waals surface area contributed by atoms with Crippen molar-refractivity contribution in [3.8, 4) is 0 Å². The summed E-state index contributed by atoms with van der Waals surface area (Å²) in [7, 11) is -0.425. The minimum Gasteiger partial charge on any atom is -0.309 e.